The highest BCUT2D eigenvalue weighted by atomic mass is 16.4. The fourth-order valence-electron chi connectivity index (χ4n) is 2.39. The molecule has 0 aliphatic carbocycles. The molecule has 4 heteroatoms. The first kappa shape index (κ1) is 15.0. The Balaban J connectivity index is 2.53. The number of hydrogen-bond donors (Lipinski definition) is 1. The molecule has 1 heterocycles. The van der Waals surface area contributed by atoms with Crippen LogP contribution in [0.4, 0.5) is 0 Å². The molecule has 1 N–H and O–H groups in total. The van der Waals surface area contributed by atoms with E-state index in [1.165, 1.54) is 0 Å². The molecule has 1 rings (SSSR count). The van der Waals surface area contributed by atoms with E-state index >= 15 is 0 Å². The lowest BCUT2D eigenvalue weighted by molar-refractivity contribution is -0.142. The highest BCUT2D eigenvalue weighted by Gasteiger charge is 2.33. The SMILES string of the molecule is CCC(C)(C)C(=O)N1CCCC(CCC(=O)O)C1. The molecule has 0 spiro atoms. The molecule has 4 nitrogen and oxygen atoms in total. The third kappa shape index (κ3) is 4.00. The zero-order valence-electron chi connectivity index (χ0n) is 11.7. The fraction of sp³-hybridized carbons (Fsp3) is 0.857. The second-order valence-electron chi connectivity index (χ2n) is 5.93. The van der Waals surface area contributed by atoms with Gasteiger partial charge in [0.05, 0.1) is 0 Å². The molecule has 1 saturated heterocycles. The number of aliphatic carboxylic acids is 1. The Morgan fingerprint density at radius 2 is 2.06 bits per heavy atom. The lowest BCUT2D eigenvalue weighted by atomic mass is 9.86. The van der Waals surface area contributed by atoms with Crippen LogP contribution in [0.15, 0.2) is 0 Å². The first-order valence-electron chi connectivity index (χ1n) is 6.88. The standard InChI is InChI=1S/C14H25NO3/c1-4-14(2,3)13(18)15-9-5-6-11(10-15)7-8-12(16)17/h11H,4-10H2,1-3H3,(H,16,17). The van der Waals surface area contributed by atoms with Crippen molar-refractivity contribution in [1.29, 1.82) is 0 Å². The van der Waals surface area contributed by atoms with Gasteiger partial charge in [-0.25, -0.2) is 0 Å². The van der Waals surface area contributed by atoms with Gasteiger partial charge >= 0.3 is 5.97 Å². The van der Waals surface area contributed by atoms with Gasteiger partial charge in [0.2, 0.25) is 5.91 Å². The topological polar surface area (TPSA) is 57.6 Å². The third-order valence-electron chi connectivity index (χ3n) is 4.04. The number of rotatable bonds is 5. The summed E-state index contributed by atoms with van der Waals surface area (Å²) in [7, 11) is 0. The van der Waals surface area contributed by atoms with E-state index in [0.29, 0.717) is 12.3 Å². The van der Waals surface area contributed by atoms with E-state index in [1.807, 2.05) is 25.7 Å². The van der Waals surface area contributed by atoms with Crippen LogP contribution in [0.25, 0.3) is 0 Å². The number of likely N-dealkylation sites (tertiary alicyclic amines) is 1. The van der Waals surface area contributed by atoms with Gasteiger partial charge in [0.15, 0.2) is 0 Å². The molecule has 1 atom stereocenters. The molecule has 104 valence electrons. The predicted molar refractivity (Wildman–Crippen MR) is 70.2 cm³/mol. The predicted octanol–water partition coefficient (Wildman–Crippen LogP) is 2.53. The molecule has 1 unspecified atom stereocenters. The summed E-state index contributed by atoms with van der Waals surface area (Å²) in [5.74, 6) is -0.177. The molecule has 1 aliphatic heterocycles. The van der Waals surface area contributed by atoms with Crippen LogP contribution in [-0.2, 0) is 9.59 Å². The van der Waals surface area contributed by atoms with Gasteiger partial charge in [0, 0.05) is 24.9 Å². The van der Waals surface area contributed by atoms with E-state index in [1.54, 1.807) is 0 Å². The molecule has 18 heavy (non-hydrogen) atoms. The summed E-state index contributed by atoms with van der Waals surface area (Å²) in [4.78, 5) is 24.9. The zero-order valence-corrected chi connectivity index (χ0v) is 11.7. The first-order chi connectivity index (χ1) is 8.36. The summed E-state index contributed by atoms with van der Waals surface area (Å²) in [5.41, 5.74) is -0.297. The van der Waals surface area contributed by atoms with Crippen LogP contribution >= 0.6 is 0 Å². The fourth-order valence-corrected chi connectivity index (χ4v) is 2.39. The lowest BCUT2D eigenvalue weighted by Crippen LogP contribution is -2.46. The number of carboxylic acids is 1. The number of carboxylic acid groups (broad SMARTS) is 1. The highest BCUT2D eigenvalue weighted by Crippen LogP contribution is 2.28. The molecule has 1 aliphatic rings. The van der Waals surface area contributed by atoms with Crippen molar-refractivity contribution in [3.05, 3.63) is 0 Å². The van der Waals surface area contributed by atoms with E-state index in [0.717, 1.165) is 32.4 Å². The maximum atomic E-state index is 12.3. The smallest absolute Gasteiger partial charge is 0.303 e. The van der Waals surface area contributed by atoms with Gasteiger partial charge in [-0.1, -0.05) is 20.8 Å². The van der Waals surface area contributed by atoms with Crippen molar-refractivity contribution in [2.24, 2.45) is 11.3 Å². The van der Waals surface area contributed by atoms with Crippen molar-refractivity contribution in [3.8, 4) is 0 Å². The summed E-state index contributed by atoms with van der Waals surface area (Å²) < 4.78 is 0. The van der Waals surface area contributed by atoms with Crippen LogP contribution in [0.3, 0.4) is 0 Å². The second-order valence-corrected chi connectivity index (χ2v) is 5.93. The van der Waals surface area contributed by atoms with Crippen molar-refractivity contribution in [2.75, 3.05) is 13.1 Å². The lowest BCUT2D eigenvalue weighted by Gasteiger charge is -2.37. The van der Waals surface area contributed by atoms with Gasteiger partial charge in [-0.15, -0.1) is 0 Å². The minimum Gasteiger partial charge on any atom is -0.481 e. The third-order valence-corrected chi connectivity index (χ3v) is 4.04. The van der Waals surface area contributed by atoms with Gasteiger partial charge in [-0.05, 0) is 31.6 Å². The minimum absolute atomic E-state index is 0.212. The summed E-state index contributed by atoms with van der Waals surface area (Å²) in [5, 5.41) is 8.71. The molecule has 0 aromatic heterocycles. The normalized spacial score (nSPS) is 20.8. The molecule has 0 radical (unpaired) electrons. The number of carbonyl (C=O) groups is 2. The summed E-state index contributed by atoms with van der Waals surface area (Å²) >= 11 is 0. The van der Waals surface area contributed by atoms with Crippen molar-refractivity contribution in [1.82, 2.24) is 4.90 Å². The van der Waals surface area contributed by atoms with Crippen LogP contribution in [0.1, 0.15) is 52.9 Å². The van der Waals surface area contributed by atoms with Crippen LogP contribution in [0.5, 0.6) is 0 Å². The van der Waals surface area contributed by atoms with Crippen molar-refractivity contribution in [3.63, 3.8) is 0 Å². The van der Waals surface area contributed by atoms with Crippen LogP contribution in [-0.4, -0.2) is 35.0 Å². The van der Waals surface area contributed by atoms with Gasteiger partial charge in [0.1, 0.15) is 0 Å². The molecular formula is C14H25NO3. The van der Waals surface area contributed by atoms with Gasteiger partial charge in [-0.2, -0.15) is 0 Å². The van der Waals surface area contributed by atoms with Crippen molar-refractivity contribution < 1.29 is 14.7 Å². The number of carbonyl (C=O) groups excluding carboxylic acids is 1. The van der Waals surface area contributed by atoms with E-state index < -0.39 is 5.97 Å². The molecule has 0 aromatic carbocycles. The maximum Gasteiger partial charge on any atom is 0.303 e. The van der Waals surface area contributed by atoms with Crippen LogP contribution < -0.4 is 0 Å². The Morgan fingerprint density at radius 3 is 2.61 bits per heavy atom. The van der Waals surface area contributed by atoms with E-state index in [-0.39, 0.29) is 17.7 Å². The molecule has 1 fully saturated rings. The number of amides is 1. The average Bonchev–Trinajstić information content (AvgIpc) is 2.35. The number of piperidine rings is 1. The quantitative estimate of drug-likeness (QED) is 0.821. The van der Waals surface area contributed by atoms with Crippen LogP contribution in [0, 0.1) is 11.3 Å². The van der Waals surface area contributed by atoms with E-state index in [9.17, 15) is 9.59 Å². The number of hydrogen-bond acceptors (Lipinski definition) is 2. The minimum atomic E-state index is -0.743. The Bertz CT molecular complexity index is 312. The average molecular weight is 255 g/mol. The largest absolute Gasteiger partial charge is 0.481 e. The second kappa shape index (κ2) is 6.21. The van der Waals surface area contributed by atoms with Gasteiger partial charge < -0.3 is 10.0 Å². The van der Waals surface area contributed by atoms with Gasteiger partial charge in [0.25, 0.3) is 0 Å². The Hall–Kier alpha value is -1.06. The number of nitrogens with zero attached hydrogens (tertiary/aromatic N) is 1. The van der Waals surface area contributed by atoms with E-state index in [4.69, 9.17) is 5.11 Å². The zero-order chi connectivity index (χ0) is 13.8. The van der Waals surface area contributed by atoms with Crippen LogP contribution in [0.2, 0.25) is 0 Å². The van der Waals surface area contributed by atoms with Crippen molar-refractivity contribution >= 4 is 11.9 Å². The Morgan fingerprint density at radius 1 is 1.39 bits per heavy atom. The maximum absolute atomic E-state index is 12.3. The first-order valence-corrected chi connectivity index (χ1v) is 6.88. The molecule has 1 amide bonds. The Labute approximate surface area is 109 Å². The van der Waals surface area contributed by atoms with E-state index in [2.05, 4.69) is 0 Å². The molecule has 0 aromatic rings. The molecule has 0 bridgehead atoms. The van der Waals surface area contributed by atoms with Crippen molar-refractivity contribution in [2.45, 2.75) is 52.9 Å². The Kier molecular flexibility index (Phi) is 5.17. The summed E-state index contributed by atoms with van der Waals surface area (Å²) in [6.45, 7) is 7.55. The molecule has 0 saturated carbocycles. The summed E-state index contributed by atoms with van der Waals surface area (Å²) in [6.07, 6.45) is 3.77. The molecular weight excluding hydrogens is 230 g/mol. The van der Waals surface area contributed by atoms with Gasteiger partial charge in [-0.3, -0.25) is 9.59 Å². The highest BCUT2D eigenvalue weighted by molar-refractivity contribution is 5.82. The summed E-state index contributed by atoms with van der Waals surface area (Å²) in [6, 6.07) is 0. The monoisotopic (exact) mass is 255 g/mol.